The van der Waals surface area contributed by atoms with E-state index in [1.54, 1.807) is 5.01 Å². The fourth-order valence-electron chi connectivity index (χ4n) is 1.58. The summed E-state index contributed by atoms with van der Waals surface area (Å²) in [7, 11) is 0. The molecule has 1 atom stereocenters. The van der Waals surface area contributed by atoms with Crippen LogP contribution >= 0.6 is 0 Å². The first-order chi connectivity index (χ1) is 4.08. The molecular formula is C6H12N2O. The van der Waals surface area contributed by atoms with Gasteiger partial charge in [-0.15, -0.1) is 4.91 Å². The molecule has 1 rings (SSSR count). The summed E-state index contributed by atoms with van der Waals surface area (Å²) in [5.41, 5.74) is 0.0150. The number of hydrogen-bond donors (Lipinski definition) is 0. The molecule has 52 valence electrons. The van der Waals surface area contributed by atoms with E-state index < -0.39 is 0 Å². The molecular weight excluding hydrogens is 116 g/mol. The van der Waals surface area contributed by atoms with Crippen LogP contribution < -0.4 is 0 Å². The first kappa shape index (κ1) is 6.52. The van der Waals surface area contributed by atoms with Crippen LogP contribution in [-0.2, 0) is 0 Å². The zero-order valence-electron chi connectivity index (χ0n) is 6.09. The second kappa shape index (κ2) is 1.69. The van der Waals surface area contributed by atoms with E-state index in [1.165, 1.54) is 0 Å². The Bertz CT molecular complexity index is 133. The number of rotatable bonds is 1. The van der Waals surface area contributed by atoms with E-state index in [0.717, 1.165) is 6.42 Å². The SMILES string of the molecule is C[C@H]1CC(C)(C)N1N=O. The summed E-state index contributed by atoms with van der Waals surface area (Å²) in [6, 6.07) is 0.345. The minimum Gasteiger partial charge on any atom is -0.252 e. The highest BCUT2D eigenvalue weighted by molar-refractivity contribution is 4.95. The van der Waals surface area contributed by atoms with Crippen molar-refractivity contribution in [1.82, 2.24) is 5.01 Å². The molecule has 0 radical (unpaired) electrons. The Balaban J connectivity index is 2.57. The van der Waals surface area contributed by atoms with Crippen molar-refractivity contribution in [3.63, 3.8) is 0 Å². The second-order valence-corrected chi connectivity index (χ2v) is 3.29. The predicted molar refractivity (Wildman–Crippen MR) is 35.8 cm³/mol. The molecule has 3 nitrogen and oxygen atoms in total. The van der Waals surface area contributed by atoms with Gasteiger partial charge < -0.3 is 0 Å². The third-order valence-electron chi connectivity index (χ3n) is 1.92. The molecule has 0 N–H and O–H groups in total. The van der Waals surface area contributed by atoms with Crippen LogP contribution in [0, 0.1) is 4.91 Å². The van der Waals surface area contributed by atoms with E-state index >= 15 is 0 Å². The molecule has 0 amide bonds. The maximum absolute atomic E-state index is 10.1. The Morgan fingerprint density at radius 3 is 2.33 bits per heavy atom. The van der Waals surface area contributed by atoms with Crippen LogP contribution in [0.5, 0.6) is 0 Å². The van der Waals surface area contributed by atoms with Crippen LogP contribution in [-0.4, -0.2) is 16.6 Å². The monoisotopic (exact) mass is 128 g/mol. The Morgan fingerprint density at radius 1 is 1.67 bits per heavy atom. The lowest BCUT2D eigenvalue weighted by Crippen LogP contribution is -2.58. The largest absolute Gasteiger partial charge is 0.252 e. The van der Waals surface area contributed by atoms with E-state index in [1.807, 2.05) is 20.8 Å². The van der Waals surface area contributed by atoms with Crippen LogP contribution in [0.4, 0.5) is 0 Å². The molecule has 0 aromatic rings. The van der Waals surface area contributed by atoms with Crippen LogP contribution in [0.25, 0.3) is 0 Å². The van der Waals surface area contributed by atoms with Gasteiger partial charge in [0.05, 0.1) is 16.9 Å². The van der Waals surface area contributed by atoms with Crippen LogP contribution in [0.1, 0.15) is 27.2 Å². The summed E-state index contributed by atoms with van der Waals surface area (Å²) >= 11 is 0. The molecule has 1 heterocycles. The molecule has 0 aromatic heterocycles. The Morgan fingerprint density at radius 2 is 2.22 bits per heavy atom. The number of nitrogens with zero attached hydrogens (tertiary/aromatic N) is 2. The summed E-state index contributed by atoms with van der Waals surface area (Å²) < 4.78 is 0. The molecule has 3 heteroatoms. The van der Waals surface area contributed by atoms with Gasteiger partial charge in [0.2, 0.25) is 0 Å². The fourth-order valence-corrected chi connectivity index (χ4v) is 1.58. The fraction of sp³-hybridized carbons (Fsp3) is 1.00. The highest BCUT2D eigenvalue weighted by atomic mass is 16.3. The summed E-state index contributed by atoms with van der Waals surface area (Å²) in [6.07, 6.45) is 1.07. The van der Waals surface area contributed by atoms with Gasteiger partial charge in [0, 0.05) is 0 Å². The Hall–Kier alpha value is -0.600. The van der Waals surface area contributed by atoms with E-state index in [0.29, 0.717) is 6.04 Å². The molecule has 0 spiro atoms. The van der Waals surface area contributed by atoms with E-state index in [9.17, 15) is 4.91 Å². The molecule has 0 bridgehead atoms. The average Bonchev–Trinajstić information content (AvgIpc) is 1.63. The minimum absolute atomic E-state index is 0.0150. The van der Waals surface area contributed by atoms with Gasteiger partial charge in [-0.25, -0.2) is 0 Å². The Kier molecular flexibility index (Phi) is 1.22. The van der Waals surface area contributed by atoms with Crippen molar-refractivity contribution < 1.29 is 0 Å². The Labute approximate surface area is 55.0 Å². The quantitative estimate of drug-likeness (QED) is 0.502. The van der Waals surface area contributed by atoms with Gasteiger partial charge in [-0.05, 0) is 27.2 Å². The van der Waals surface area contributed by atoms with Crippen LogP contribution in [0.15, 0.2) is 5.29 Å². The summed E-state index contributed by atoms with van der Waals surface area (Å²) in [6.45, 7) is 6.05. The maximum Gasteiger partial charge on any atom is 0.0578 e. The minimum atomic E-state index is 0.0150. The molecule has 9 heavy (non-hydrogen) atoms. The first-order valence-corrected chi connectivity index (χ1v) is 3.20. The summed E-state index contributed by atoms with van der Waals surface area (Å²) in [4.78, 5) is 10.1. The van der Waals surface area contributed by atoms with Crippen molar-refractivity contribution in [3.8, 4) is 0 Å². The molecule has 1 aliphatic heterocycles. The van der Waals surface area contributed by atoms with Gasteiger partial charge in [-0.1, -0.05) is 0 Å². The zero-order chi connectivity index (χ0) is 7.07. The molecule has 1 fully saturated rings. The number of hydrogen-bond acceptors (Lipinski definition) is 2. The van der Waals surface area contributed by atoms with Crippen molar-refractivity contribution in [1.29, 1.82) is 0 Å². The summed E-state index contributed by atoms with van der Waals surface area (Å²) in [5.74, 6) is 0. The molecule has 0 aliphatic carbocycles. The van der Waals surface area contributed by atoms with Crippen molar-refractivity contribution in [2.24, 2.45) is 5.29 Å². The van der Waals surface area contributed by atoms with Gasteiger partial charge in [0.15, 0.2) is 0 Å². The molecule has 1 saturated heterocycles. The second-order valence-electron chi connectivity index (χ2n) is 3.29. The van der Waals surface area contributed by atoms with Crippen LogP contribution in [0.3, 0.4) is 0 Å². The van der Waals surface area contributed by atoms with Crippen molar-refractivity contribution in [2.45, 2.75) is 38.8 Å². The van der Waals surface area contributed by atoms with Crippen molar-refractivity contribution >= 4 is 0 Å². The average molecular weight is 128 g/mol. The maximum atomic E-state index is 10.1. The lowest BCUT2D eigenvalue weighted by molar-refractivity contribution is -0.0400. The van der Waals surface area contributed by atoms with Crippen molar-refractivity contribution in [2.75, 3.05) is 0 Å². The molecule has 1 aliphatic rings. The third-order valence-corrected chi connectivity index (χ3v) is 1.92. The van der Waals surface area contributed by atoms with Crippen LogP contribution in [0.2, 0.25) is 0 Å². The number of nitroso groups, excluding NO2 is 1. The van der Waals surface area contributed by atoms with E-state index in [2.05, 4.69) is 5.29 Å². The topological polar surface area (TPSA) is 32.7 Å². The van der Waals surface area contributed by atoms with Gasteiger partial charge in [0.1, 0.15) is 0 Å². The molecule has 0 unspecified atom stereocenters. The highest BCUT2D eigenvalue weighted by Gasteiger charge is 2.42. The van der Waals surface area contributed by atoms with Crippen molar-refractivity contribution in [3.05, 3.63) is 4.91 Å². The summed E-state index contributed by atoms with van der Waals surface area (Å²) in [5, 5.41) is 4.52. The standard InChI is InChI=1S/C6H12N2O/c1-5-4-6(2,3)8(5)7-9/h5H,4H2,1-3H3/t5-/m0/s1. The lowest BCUT2D eigenvalue weighted by Gasteiger charge is -2.49. The zero-order valence-corrected chi connectivity index (χ0v) is 6.09. The molecule has 0 aromatic carbocycles. The molecule has 0 saturated carbocycles. The normalized spacial score (nSPS) is 31.4. The van der Waals surface area contributed by atoms with Gasteiger partial charge in [-0.2, -0.15) is 0 Å². The lowest BCUT2D eigenvalue weighted by atomic mass is 9.85. The smallest absolute Gasteiger partial charge is 0.0578 e. The first-order valence-electron chi connectivity index (χ1n) is 3.20. The van der Waals surface area contributed by atoms with Gasteiger partial charge in [0.25, 0.3) is 0 Å². The third kappa shape index (κ3) is 0.802. The van der Waals surface area contributed by atoms with E-state index in [-0.39, 0.29) is 5.54 Å². The van der Waals surface area contributed by atoms with E-state index in [4.69, 9.17) is 0 Å². The van der Waals surface area contributed by atoms with Gasteiger partial charge >= 0.3 is 0 Å². The predicted octanol–water partition coefficient (Wildman–Crippen LogP) is 1.54. The highest BCUT2D eigenvalue weighted by Crippen LogP contribution is 2.35. The van der Waals surface area contributed by atoms with Gasteiger partial charge in [-0.3, -0.25) is 5.01 Å².